The van der Waals surface area contributed by atoms with Crippen LogP contribution in [-0.4, -0.2) is 58.0 Å². The number of nitrogens with zero attached hydrogens (tertiary/aromatic N) is 1. The van der Waals surface area contributed by atoms with Gasteiger partial charge >= 0.3 is 11.9 Å². The fourth-order valence-corrected chi connectivity index (χ4v) is 4.03. The van der Waals surface area contributed by atoms with Crippen LogP contribution in [0.3, 0.4) is 0 Å². The highest BCUT2D eigenvalue weighted by Gasteiger charge is 2.59. The quantitative estimate of drug-likeness (QED) is 0.545. The van der Waals surface area contributed by atoms with Crippen LogP contribution in [0.5, 0.6) is 0 Å². The molecule has 1 fully saturated rings. The van der Waals surface area contributed by atoms with Gasteiger partial charge in [-0.3, -0.25) is 9.59 Å². The van der Waals surface area contributed by atoms with E-state index < -0.39 is 24.0 Å². The molecular formula is C13H17NO6S. The van der Waals surface area contributed by atoms with Crippen LogP contribution in [0, 0.1) is 11.8 Å². The molecule has 21 heavy (non-hydrogen) atoms. The minimum Gasteiger partial charge on any atom is -0.477 e. The van der Waals surface area contributed by atoms with Crippen LogP contribution in [0.4, 0.5) is 0 Å². The van der Waals surface area contributed by atoms with E-state index in [2.05, 4.69) is 4.74 Å². The minimum absolute atomic E-state index is 0.0128. The van der Waals surface area contributed by atoms with Gasteiger partial charge in [-0.05, 0) is 6.92 Å². The van der Waals surface area contributed by atoms with E-state index in [-0.39, 0.29) is 29.3 Å². The number of ether oxygens (including phenoxy) is 1. The van der Waals surface area contributed by atoms with Crippen molar-refractivity contribution in [3.8, 4) is 0 Å². The number of β-lactam (4-membered cyclic amide) rings is 1. The van der Waals surface area contributed by atoms with E-state index in [1.807, 2.05) is 0 Å². The third-order valence-corrected chi connectivity index (χ3v) is 5.14. The van der Waals surface area contributed by atoms with E-state index in [1.165, 1.54) is 18.9 Å². The van der Waals surface area contributed by atoms with Crippen molar-refractivity contribution < 1.29 is 29.3 Å². The number of hydrogen-bond acceptors (Lipinski definition) is 6. The molecule has 0 aromatic heterocycles. The summed E-state index contributed by atoms with van der Waals surface area (Å²) >= 11 is 1.07. The third kappa shape index (κ3) is 2.42. The van der Waals surface area contributed by atoms with Crippen LogP contribution >= 0.6 is 11.8 Å². The minimum atomic E-state index is -1.20. The van der Waals surface area contributed by atoms with Crippen molar-refractivity contribution in [2.45, 2.75) is 26.0 Å². The summed E-state index contributed by atoms with van der Waals surface area (Å²) in [6.45, 7) is 3.32. The van der Waals surface area contributed by atoms with Crippen LogP contribution in [0.1, 0.15) is 13.8 Å². The standard InChI is InChI=1S/C13H17NO6S/c1-5-9-8(6(2)15)12(17)14(9)10(13(18)19)11(5)21-4-7(16)20-3/h5-6,8-9,15H,4H2,1-3H3,(H,18,19)/t5-,6?,8-,9-/m1/s1. The number of aliphatic hydroxyl groups is 1. The number of carboxylic acids is 1. The highest BCUT2D eigenvalue weighted by Crippen LogP contribution is 2.50. The molecule has 0 spiro atoms. The van der Waals surface area contributed by atoms with E-state index >= 15 is 0 Å². The number of aliphatic hydroxyl groups excluding tert-OH is 1. The molecule has 0 aromatic carbocycles. The lowest BCUT2D eigenvalue weighted by Crippen LogP contribution is -2.63. The number of aliphatic carboxylic acids is 1. The van der Waals surface area contributed by atoms with Crippen molar-refractivity contribution in [1.82, 2.24) is 4.90 Å². The largest absolute Gasteiger partial charge is 0.477 e. The molecule has 1 amide bonds. The van der Waals surface area contributed by atoms with Crippen molar-refractivity contribution >= 4 is 29.6 Å². The summed E-state index contributed by atoms with van der Waals surface area (Å²) < 4.78 is 4.54. The SMILES string of the molecule is COC(=O)CSC1=C(C(=O)O)N2C(=O)[C@H](C(C)O)[C@H]2[C@H]1C. The van der Waals surface area contributed by atoms with Crippen molar-refractivity contribution in [2.75, 3.05) is 12.9 Å². The van der Waals surface area contributed by atoms with Gasteiger partial charge in [0.1, 0.15) is 5.70 Å². The van der Waals surface area contributed by atoms with Gasteiger partial charge < -0.3 is 19.8 Å². The highest BCUT2D eigenvalue weighted by atomic mass is 32.2. The zero-order valence-corrected chi connectivity index (χ0v) is 12.7. The Morgan fingerprint density at radius 2 is 2.10 bits per heavy atom. The van der Waals surface area contributed by atoms with Gasteiger partial charge in [-0.15, -0.1) is 11.8 Å². The average molecular weight is 315 g/mol. The maximum Gasteiger partial charge on any atom is 0.353 e. The smallest absolute Gasteiger partial charge is 0.353 e. The van der Waals surface area contributed by atoms with E-state index in [9.17, 15) is 24.6 Å². The van der Waals surface area contributed by atoms with E-state index in [0.29, 0.717) is 4.91 Å². The first kappa shape index (κ1) is 15.8. The van der Waals surface area contributed by atoms with Gasteiger partial charge in [-0.25, -0.2) is 4.79 Å². The maximum atomic E-state index is 12.1. The summed E-state index contributed by atoms with van der Waals surface area (Å²) in [5, 5.41) is 19.0. The van der Waals surface area contributed by atoms with Gasteiger partial charge in [-0.1, -0.05) is 6.92 Å². The van der Waals surface area contributed by atoms with Gasteiger partial charge in [0.15, 0.2) is 0 Å². The molecule has 4 atom stereocenters. The third-order valence-electron chi connectivity index (χ3n) is 3.88. The normalized spacial score (nSPS) is 29.0. The number of fused-ring (bicyclic) bond motifs is 1. The molecule has 2 aliphatic heterocycles. The Balaban J connectivity index is 2.28. The molecular weight excluding hydrogens is 298 g/mol. The fraction of sp³-hybridized carbons (Fsp3) is 0.615. The van der Waals surface area contributed by atoms with Gasteiger partial charge in [-0.2, -0.15) is 0 Å². The summed E-state index contributed by atoms with van der Waals surface area (Å²) in [4.78, 5) is 36.4. The molecule has 8 heteroatoms. The van der Waals surface area contributed by atoms with Gasteiger partial charge in [0, 0.05) is 10.8 Å². The second kappa shape index (κ2) is 5.69. The molecule has 1 saturated heterocycles. The van der Waals surface area contributed by atoms with Crippen LogP contribution in [0.15, 0.2) is 10.6 Å². The molecule has 0 aromatic rings. The number of methoxy groups -OCH3 is 1. The Morgan fingerprint density at radius 3 is 2.57 bits per heavy atom. The molecule has 0 aliphatic carbocycles. The number of esters is 1. The number of thioether (sulfide) groups is 1. The number of carbonyl (C=O) groups excluding carboxylic acids is 2. The van der Waals surface area contributed by atoms with Crippen LogP contribution in [-0.2, 0) is 19.1 Å². The number of rotatable bonds is 5. The first-order valence-electron chi connectivity index (χ1n) is 6.49. The first-order valence-corrected chi connectivity index (χ1v) is 7.48. The molecule has 2 rings (SSSR count). The predicted molar refractivity (Wildman–Crippen MR) is 74.1 cm³/mol. The zero-order valence-electron chi connectivity index (χ0n) is 11.9. The summed E-state index contributed by atoms with van der Waals surface area (Å²) in [5.74, 6) is -2.88. The van der Waals surface area contributed by atoms with Crippen molar-refractivity contribution in [3.63, 3.8) is 0 Å². The van der Waals surface area contributed by atoms with Crippen molar-refractivity contribution in [1.29, 1.82) is 0 Å². The lowest BCUT2D eigenvalue weighted by molar-refractivity contribution is -0.163. The highest BCUT2D eigenvalue weighted by molar-refractivity contribution is 8.03. The molecule has 1 unspecified atom stereocenters. The van der Waals surface area contributed by atoms with Gasteiger partial charge in [0.25, 0.3) is 0 Å². The summed E-state index contributed by atoms with van der Waals surface area (Å²) in [5.41, 5.74) is -0.0803. The Morgan fingerprint density at radius 1 is 1.48 bits per heavy atom. The molecule has 0 radical (unpaired) electrons. The Kier molecular flexibility index (Phi) is 4.29. The second-order valence-corrected chi connectivity index (χ2v) is 6.15. The fourth-order valence-electron chi connectivity index (χ4n) is 2.91. The van der Waals surface area contributed by atoms with Gasteiger partial charge in [0.2, 0.25) is 5.91 Å². The molecule has 116 valence electrons. The van der Waals surface area contributed by atoms with E-state index in [1.54, 1.807) is 6.92 Å². The molecule has 2 aliphatic rings. The predicted octanol–water partition coefficient (Wildman–Crippen LogP) is 0.0463. The lowest BCUT2D eigenvalue weighted by Gasteiger charge is -2.46. The topological polar surface area (TPSA) is 104 Å². The molecule has 0 saturated carbocycles. The molecule has 2 N–H and O–H groups in total. The van der Waals surface area contributed by atoms with Crippen molar-refractivity contribution in [3.05, 3.63) is 10.6 Å². The number of carbonyl (C=O) groups is 3. The summed E-state index contributed by atoms with van der Waals surface area (Å²) in [6.07, 6.45) is -0.832. The number of carboxylic acid groups (broad SMARTS) is 1. The first-order chi connectivity index (χ1) is 9.81. The lowest BCUT2D eigenvalue weighted by atomic mass is 9.79. The maximum absolute atomic E-state index is 12.1. The molecule has 7 nitrogen and oxygen atoms in total. The average Bonchev–Trinajstić information content (AvgIpc) is 2.65. The summed E-state index contributed by atoms with van der Waals surface area (Å²) in [7, 11) is 1.26. The Bertz CT molecular complexity index is 529. The number of hydrogen-bond donors (Lipinski definition) is 2. The van der Waals surface area contributed by atoms with E-state index in [4.69, 9.17) is 0 Å². The molecule has 0 bridgehead atoms. The Hall–Kier alpha value is -1.54. The second-order valence-electron chi connectivity index (χ2n) is 5.14. The van der Waals surface area contributed by atoms with Gasteiger partial charge in [0.05, 0.1) is 30.9 Å². The Labute approximate surface area is 125 Å². The monoisotopic (exact) mass is 315 g/mol. The van der Waals surface area contributed by atoms with Crippen LogP contribution in [0.25, 0.3) is 0 Å². The zero-order chi connectivity index (χ0) is 15.9. The van der Waals surface area contributed by atoms with Crippen LogP contribution < -0.4 is 0 Å². The molecule has 2 heterocycles. The van der Waals surface area contributed by atoms with Crippen molar-refractivity contribution in [2.24, 2.45) is 11.8 Å². The number of amides is 1. The van der Waals surface area contributed by atoms with Crippen LogP contribution in [0.2, 0.25) is 0 Å². The van der Waals surface area contributed by atoms with E-state index in [0.717, 1.165) is 11.8 Å². The summed E-state index contributed by atoms with van der Waals surface area (Å²) in [6, 6.07) is -0.358.